The number of amides is 1. The molecule has 1 N–H and O–H groups in total. The van der Waals surface area contributed by atoms with Crippen molar-refractivity contribution in [3.8, 4) is 0 Å². The normalized spacial score (nSPS) is 16.3. The second-order valence-electron chi connectivity index (χ2n) is 8.55. The van der Waals surface area contributed by atoms with Crippen molar-refractivity contribution in [2.24, 2.45) is 0 Å². The highest BCUT2D eigenvalue weighted by molar-refractivity contribution is 7.99. The third kappa shape index (κ3) is 5.51. The molecule has 0 atom stereocenters. The van der Waals surface area contributed by atoms with Gasteiger partial charge in [-0.2, -0.15) is 0 Å². The third-order valence-electron chi connectivity index (χ3n) is 6.26. The summed E-state index contributed by atoms with van der Waals surface area (Å²) in [6.07, 6.45) is 11.7. The van der Waals surface area contributed by atoms with Crippen LogP contribution < -0.4 is 5.32 Å². The van der Waals surface area contributed by atoms with Crippen molar-refractivity contribution in [1.82, 2.24) is 14.8 Å². The lowest BCUT2D eigenvalue weighted by atomic mass is 10.1. The standard InChI is InChI=1S/C24H32N4O3S2/c1-3-14-28-21(16-10-8-9-11-16)26-27-24(28)32-15-19(29)25-22-20(23(30)31-4-2)17-12-6-5-7-13-18(17)33-22/h3,16H,1,4-15H2,2H3,(H,25,29). The second-order valence-corrected chi connectivity index (χ2v) is 10.6. The lowest BCUT2D eigenvalue weighted by Gasteiger charge is -2.12. The van der Waals surface area contributed by atoms with E-state index in [0.717, 1.165) is 61.5 Å². The Hall–Kier alpha value is -2.13. The number of hydrogen-bond donors (Lipinski definition) is 1. The average Bonchev–Trinajstić information content (AvgIpc) is 3.49. The Kier molecular flexibility index (Phi) is 8.25. The van der Waals surface area contributed by atoms with Crippen LogP contribution in [0.1, 0.15) is 84.4 Å². The molecule has 1 fully saturated rings. The fraction of sp³-hybridized carbons (Fsp3) is 0.583. The lowest BCUT2D eigenvalue weighted by molar-refractivity contribution is -0.113. The van der Waals surface area contributed by atoms with Gasteiger partial charge in [-0.15, -0.1) is 28.1 Å². The molecule has 2 heterocycles. The molecule has 0 spiro atoms. The molecule has 1 amide bonds. The molecule has 0 unspecified atom stereocenters. The summed E-state index contributed by atoms with van der Waals surface area (Å²) in [5.41, 5.74) is 1.61. The Morgan fingerprint density at radius 2 is 2.00 bits per heavy atom. The van der Waals surface area contributed by atoms with Crippen LogP contribution in [0, 0.1) is 0 Å². The van der Waals surface area contributed by atoms with E-state index in [1.165, 1.54) is 40.8 Å². The minimum Gasteiger partial charge on any atom is -0.462 e. The zero-order chi connectivity index (χ0) is 23.2. The molecule has 2 aliphatic rings. The summed E-state index contributed by atoms with van der Waals surface area (Å²) in [7, 11) is 0. The topological polar surface area (TPSA) is 86.1 Å². The molecule has 9 heteroatoms. The maximum atomic E-state index is 12.9. The molecule has 0 aromatic carbocycles. The van der Waals surface area contributed by atoms with Gasteiger partial charge in [0, 0.05) is 17.3 Å². The summed E-state index contributed by atoms with van der Waals surface area (Å²) in [4.78, 5) is 26.8. The number of ether oxygens (including phenoxy) is 1. The summed E-state index contributed by atoms with van der Waals surface area (Å²) in [5.74, 6) is 1.14. The van der Waals surface area contributed by atoms with E-state index >= 15 is 0 Å². The van der Waals surface area contributed by atoms with Crippen molar-refractivity contribution in [1.29, 1.82) is 0 Å². The number of aromatic nitrogens is 3. The Balaban J connectivity index is 1.47. The van der Waals surface area contributed by atoms with Crippen LogP contribution in [0.25, 0.3) is 0 Å². The minimum absolute atomic E-state index is 0.155. The number of nitrogens with zero attached hydrogens (tertiary/aromatic N) is 3. The predicted molar refractivity (Wildman–Crippen MR) is 132 cm³/mol. The predicted octanol–water partition coefficient (Wildman–Crippen LogP) is 5.36. The van der Waals surface area contributed by atoms with Crippen LogP contribution in [0.3, 0.4) is 0 Å². The first-order valence-electron chi connectivity index (χ1n) is 11.9. The molecule has 2 aromatic heterocycles. The number of nitrogens with one attached hydrogen (secondary N) is 1. The second kappa shape index (κ2) is 11.3. The minimum atomic E-state index is -0.341. The van der Waals surface area contributed by atoms with Crippen LogP contribution in [0.2, 0.25) is 0 Å². The molecule has 2 aromatic rings. The maximum Gasteiger partial charge on any atom is 0.341 e. The van der Waals surface area contributed by atoms with E-state index in [1.807, 2.05) is 6.08 Å². The number of hydrogen-bond acceptors (Lipinski definition) is 7. The quantitative estimate of drug-likeness (QED) is 0.221. The van der Waals surface area contributed by atoms with Crippen molar-refractivity contribution in [2.45, 2.75) is 82.3 Å². The first-order valence-corrected chi connectivity index (χ1v) is 13.7. The zero-order valence-corrected chi connectivity index (χ0v) is 20.9. The number of thiophene rings is 1. The first-order chi connectivity index (χ1) is 16.1. The fourth-order valence-electron chi connectivity index (χ4n) is 4.74. The highest BCUT2D eigenvalue weighted by atomic mass is 32.2. The Bertz CT molecular complexity index is 1010. The third-order valence-corrected chi connectivity index (χ3v) is 8.44. The number of rotatable bonds is 9. The van der Waals surface area contributed by atoms with Gasteiger partial charge in [0.1, 0.15) is 10.8 Å². The molecule has 4 rings (SSSR count). The molecule has 1 saturated carbocycles. The summed E-state index contributed by atoms with van der Waals surface area (Å²) in [6.45, 7) is 6.62. The van der Waals surface area contributed by atoms with Gasteiger partial charge in [0.05, 0.1) is 17.9 Å². The van der Waals surface area contributed by atoms with Gasteiger partial charge in [0.25, 0.3) is 0 Å². The summed E-state index contributed by atoms with van der Waals surface area (Å²) in [5, 5.41) is 13.2. The lowest BCUT2D eigenvalue weighted by Crippen LogP contribution is -2.17. The Labute approximate surface area is 203 Å². The van der Waals surface area contributed by atoms with Gasteiger partial charge in [-0.3, -0.25) is 4.79 Å². The highest BCUT2D eigenvalue weighted by Crippen LogP contribution is 2.38. The van der Waals surface area contributed by atoms with Gasteiger partial charge < -0.3 is 14.6 Å². The van der Waals surface area contributed by atoms with E-state index in [2.05, 4.69) is 26.7 Å². The maximum absolute atomic E-state index is 12.9. The van der Waals surface area contributed by atoms with Gasteiger partial charge in [-0.05, 0) is 51.0 Å². The largest absolute Gasteiger partial charge is 0.462 e. The van der Waals surface area contributed by atoms with Crippen LogP contribution >= 0.6 is 23.1 Å². The van der Waals surface area contributed by atoms with Crippen molar-refractivity contribution >= 4 is 40.0 Å². The van der Waals surface area contributed by atoms with Gasteiger partial charge in [-0.25, -0.2) is 4.79 Å². The number of fused-ring (bicyclic) bond motifs is 1. The van der Waals surface area contributed by atoms with Gasteiger partial charge in [-0.1, -0.05) is 37.1 Å². The highest BCUT2D eigenvalue weighted by Gasteiger charge is 2.27. The first kappa shape index (κ1) is 24.0. The van der Waals surface area contributed by atoms with Gasteiger partial charge in [0.2, 0.25) is 5.91 Å². The molecule has 0 saturated heterocycles. The molecule has 0 aliphatic heterocycles. The molecule has 2 aliphatic carbocycles. The van der Waals surface area contributed by atoms with E-state index in [9.17, 15) is 9.59 Å². The Morgan fingerprint density at radius 3 is 2.76 bits per heavy atom. The molecule has 0 bridgehead atoms. The van der Waals surface area contributed by atoms with E-state index in [4.69, 9.17) is 4.74 Å². The van der Waals surface area contributed by atoms with Crippen LogP contribution in [-0.4, -0.2) is 39.0 Å². The van der Waals surface area contributed by atoms with Crippen LogP contribution in [0.5, 0.6) is 0 Å². The van der Waals surface area contributed by atoms with E-state index in [0.29, 0.717) is 29.6 Å². The van der Waals surface area contributed by atoms with Crippen molar-refractivity contribution in [3.63, 3.8) is 0 Å². The smallest absolute Gasteiger partial charge is 0.341 e. The number of allylic oxidation sites excluding steroid dienone is 1. The average molecular weight is 489 g/mol. The number of carbonyl (C=O) groups excluding carboxylic acids is 2. The number of anilines is 1. The zero-order valence-electron chi connectivity index (χ0n) is 19.2. The van der Waals surface area contributed by atoms with Crippen molar-refractivity contribution in [2.75, 3.05) is 17.7 Å². The van der Waals surface area contributed by atoms with Crippen molar-refractivity contribution in [3.05, 3.63) is 34.5 Å². The molecule has 7 nitrogen and oxygen atoms in total. The van der Waals surface area contributed by atoms with Gasteiger partial charge in [0.15, 0.2) is 5.16 Å². The number of esters is 1. The molecule has 178 valence electrons. The van der Waals surface area contributed by atoms with Crippen LogP contribution in [-0.2, 0) is 28.9 Å². The van der Waals surface area contributed by atoms with Crippen LogP contribution in [0.15, 0.2) is 17.8 Å². The SMILES string of the molecule is C=CCn1c(SCC(=O)Nc2sc3c(c2C(=O)OCC)CCCCC3)nnc1C1CCCC1. The van der Waals surface area contributed by atoms with E-state index in [-0.39, 0.29) is 17.6 Å². The molecule has 33 heavy (non-hydrogen) atoms. The fourth-order valence-corrected chi connectivity index (χ4v) is 6.78. The summed E-state index contributed by atoms with van der Waals surface area (Å²) < 4.78 is 7.40. The van der Waals surface area contributed by atoms with E-state index < -0.39 is 0 Å². The summed E-state index contributed by atoms with van der Waals surface area (Å²) in [6, 6.07) is 0. The monoisotopic (exact) mass is 488 g/mol. The van der Waals surface area contributed by atoms with Gasteiger partial charge >= 0.3 is 5.97 Å². The summed E-state index contributed by atoms with van der Waals surface area (Å²) >= 11 is 2.90. The molecular weight excluding hydrogens is 456 g/mol. The number of thioether (sulfide) groups is 1. The van der Waals surface area contributed by atoms with E-state index in [1.54, 1.807) is 6.92 Å². The number of aryl methyl sites for hydroxylation is 1. The Morgan fingerprint density at radius 1 is 1.21 bits per heavy atom. The molecular formula is C24H32N4O3S2. The van der Waals surface area contributed by atoms with Crippen molar-refractivity contribution < 1.29 is 14.3 Å². The number of carbonyl (C=O) groups is 2. The van der Waals surface area contributed by atoms with Crippen LogP contribution in [0.4, 0.5) is 5.00 Å². The molecule has 0 radical (unpaired) electrons.